The van der Waals surface area contributed by atoms with Crippen molar-refractivity contribution in [3.8, 4) is 0 Å². The monoisotopic (exact) mass is 438 g/mol. The van der Waals surface area contributed by atoms with E-state index in [0.717, 1.165) is 17.7 Å². The molecule has 0 aromatic heterocycles. The van der Waals surface area contributed by atoms with E-state index in [-0.39, 0.29) is 11.4 Å². The van der Waals surface area contributed by atoms with Crippen LogP contribution in [-0.4, -0.2) is 41.2 Å². The minimum atomic E-state index is -3.53. The van der Waals surface area contributed by atoms with Crippen LogP contribution in [0.2, 0.25) is 5.02 Å². The summed E-state index contributed by atoms with van der Waals surface area (Å²) >= 11 is 6.01. The summed E-state index contributed by atoms with van der Waals surface area (Å²) < 4.78 is 31.7. The molecule has 0 aliphatic rings. The van der Waals surface area contributed by atoms with E-state index in [1.165, 1.54) is 7.11 Å². The average molecular weight is 439 g/mol. The van der Waals surface area contributed by atoms with Gasteiger partial charge in [-0.3, -0.25) is 0 Å². The van der Waals surface area contributed by atoms with E-state index >= 15 is 0 Å². The SMILES string of the molecule is CCNC(=NCc1cccc(Cl)c1)NCc1ccc(S(=O)(=O)NCCOC)cc1. The second kappa shape index (κ2) is 11.8. The maximum atomic E-state index is 12.2. The zero-order chi connectivity index (χ0) is 21.1. The molecule has 7 nitrogen and oxygen atoms in total. The molecule has 2 rings (SSSR count). The Morgan fingerprint density at radius 3 is 2.52 bits per heavy atom. The number of methoxy groups -OCH3 is 1. The van der Waals surface area contributed by atoms with Gasteiger partial charge < -0.3 is 15.4 Å². The Hall–Kier alpha value is -2.13. The third kappa shape index (κ3) is 8.02. The molecule has 2 aromatic carbocycles. The lowest BCUT2D eigenvalue weighted by Crippen LogP contribution is -2.36. The molecule has 158 valence electrons. The fourth-order valence-electron chi connectivity index (χ4n) is 2.48. The van der Waals surface area contributed by atoms with Gasteiger partial charge in [0, 0.05) is 31.8 Å². The normalized spacial score (nSPS) is 12.0. The number of aliphatic imine (C=N–C) groups is 1. The van der Waals surface area contributed by atoms with Crippen LogP contribution in [0.3, 0.4) is 0 Å². The van der Waals surface area contributed by atoms with Gasteiger partial charge in [0.05, 0.1) is 18.0 Å². The molecular weight excluding hydrogens is 412 g/mol. The van der Waals surface area contributed by atoms with E-state index in [1.54, 1.807) is 24.3 Å². The lowest BCUT2D eigenvalue weighted by atomic mass is 10.2. The van der Waals surface area contributed by atoms with Gasteiger partial charge >= 0.3 is 0 Å². The topological polar surface area (TPSA) is 91.8 Å². The van der Waals surface area contributed by atoms with Crippen LogP contribution >= 0.6 is 11.6 Å². The van der Waals surface area contributed by atoms with E-state index in [9.17, 15) is 8.42 Å². The number of rotatable bonds is 10. The maximum Gasteiger partial charge on any atom is 0.240 e. The molecule has 0 saturated carbocycles. The summed E-state index contributed by atoms with van der Waals surface area (Å²) in [6.07, 6.45) is 0. The van der Waals surface area contributed by atoms with Crippen LogP contribution in [0, 0.1) is 0 Å². The molecule has 0 amide bonds. The average Bonchev–Trinajstić information content (AvgIpc) is 2.70. The van der Waals surface area contributed by atoms with Crippen LogP contribution in [0.4, 0.5) is 0 Å². The number of halogens is 1. The van der Waals surface area contributed by atoms with Crippen molar-refractivity contribution in [1.82, 2.24) is 15.4 Å². The lowest BCUT2D eigenvalue weighted by molar-refractivity contribution is 0.204. The number of guanidine groups is 1. The second-order valence-electron chi connectivity index (χ2n) is 6.21. The quantitative estimate of drug-likeness (QED) is 0.301. The summed E-state index contributed by atoms with van der Waals surface area (Å²) in [7, 11) is -2.01. The van der Waals surface area contributed by atoms with E-state index in [2.05, 4.69) is 20.3 Å². The van der Waals surface area contributed by atoms with Crippen molar-refractivity contribution in [2.45, 2.75) is 24.9 Å². The van der Waals surface area contributed by atoms with Crippen LogP contribution in [0.5, 0.6) is 0 Å². The summed E-state index contributed by atoms with van der Waals surface area (Å²) in [4.78, 5) is 4.78. The van der Waals surface area contributed by atoms with Crippen LogP contribution in [0.1, 0.15) is 18.1 Å². The van der Waals surface area contributed by atoms with Gasteiger partial charge in [0.25, 0.3) is 0 Å². The number of benzene rings is 2. The van der Waals surface area contributed by atoms with E-state index in [0.29, 0.717) is 30.7 Å². The van der Waals surface area contributed by atoms with Gasteiger partial charge in [-0.1, -0.05) is 35.9 Å². The molecule has 0 heterocycles. The van der Waals surface area contributed by atoms with Crippen LogP contribution in [0.15, 0.2) is 58.4 Å². The van der Waals surface area contributed by atoms with Crippen LogP contribution < -0.4 is 15.4 Å². The highest BCUT2D eigenvalue weighted by Crippen LogP contribution is 2.12. The molecule has 0 aliphatic carbocycles. The molecule has 29 heavy (non-hydrogen) atoms. The Labute approximate surface area is 177 Å². The van der Waals surface area contributed by atoms with Crippen molar-refractivity contribution in [2.75, 3.05) is 26.8 Å². The number of nitrogens with zero attached hydrogens (tertiary/aromatic N) is 1. The molecule has 0 bridgehead atoms. The number of hydrogen-bond donors (Lipinski definition) is 3. The molecule has 0 unspecified atom stereocenters. The Morgan fingerprint density at radius 2 is 1.86 bits per heavy atom. The van der Waals surface area contributed by atoms with E-state index in [1.807, 2.05) is 31.2 Å². The van der Waals surface area contributed by atoms with Crippen LogP contribution in [-0.2, 0) is 27.8 Å². The first-order valence-corrected chi connectivity index (χ1v) is 11.1. The van der Waals surface area contributed by atoms with Crippen molar-refractivity contribution in [3.63, 3.8) is 0 Å². The van der Waals surface area contributed by atoms with Gasteiger partial charge in [0.15, 0.2) is 5.96 Å². The smallest absolute Gasteiger partial charge is 0.240 e. The van der Waals surface area contributed by atoms with Gasteiger partial charge in [-0.25, -0.2) is 18.1 Å². The molecular formula is C20H27ClN4O3S. The Bertz CT molecular complexity index is 902. The highest BCUT2D eigenvalue weighted by atomic mass is 35.5. The van der Waals surface area contributed by atoms with Crippen molar-refractivity contribution in [2.24, 2.45) is 4.99 Å². The zero-order valence-electron chi connectivity index (χ0n) is 16.6. The van der Waals surface area contributed by atoms with Crippen molar-refractivity contribution in [1.29, 1.82) is 0 Å². The maximum absolute atomic E-state index is 12.2. The van der Waals surface area contributed by atoms with Gasteiger partial charge in [-0.15, -0.1) is 0 Å². The third-order valence-corrected chi connectivity index (χ3v) is 5.66. The minimum Gasteiger partial charge on any atom is -0.383 e. The fourth-order valence-corrected chi connectivity index (χ4v) is 3.71. The molecule has 0 fully saturated rings. The van der Waals surface area contributed by atoms with E-state index in [4.69, 9.17) is 16.3 Å². The van der Waals surface area contributed by atoms with Gasteiger partial charge in [-0.05, 0) is 42.3 Å². The number of nitrogens with one attached hydrogen (secondary N) is 3. The Kier molecular flexibility index (Phi) is 9.40. The lowest BCUT2D eigenvalue weighted by Gasteiger charge is -2.12. The number of ether oxygens (including phenoxy) is 1. The standard InChI is InChI=1S/C20H27ClN4O3S/c1-3-22-20(24-15-17-5-4-6-18(21)13-17)23-14-16-7-9-19(10-8-16)29(26,27)25-11-12-28-2/h4-10,13,25H,3,11-12,14-15H2,1-2H3,(H2,22,23,24). The fraction of sp³-hybridized carbons (Fsp3) is 0.350. The largest absolute Gasteiger partial charge is 0.383 e. The minimum absolute atomic E-state index is 0.221. The van der Waals surface area contributed by atoms with E-state index < -0.39 is 10.0 Å². The molecule has 3 N–H and O–H groups in total. The van der Waals surface area contributed by atoms with Gasteiger partial charge in [0.2, 0.25) is 10.0 Å². The molecule has 0 radical (unpaired) electrons. The number of hydrogen-bond acceptors (Lipinski definition) is 4. The second-order valence-corrected chi connectivity index (χ2v) is 8.42. The molecule has 0 aliphatic heterocycles. The molecule has 9 heteroatoms. The number of sulfonamides is 1. The summed E-state index contributed by atoms with van der Waals surface area (Å²) in [5, 5.41) is 7.12. The summed E-state index contributed by atoms with van der Waals surface area (Å²) in [5.74, 6) is 0.672. The van der Waals surface area contributed by atoms with Crippen LogP contribution in [0.25, 0.3) is 0 Å². The first kappa shape index (κ1) is 23.2. The Morgan fingerprint density at radius 1 is 1.10 bits per heavy atom. The summed E-state index contributed by atoms with van der Waals surface area (Å²) in [6, 6.07) is 14.3. The first-order valence-electron chi connectivity index (χ1n) is 9.28. The van der Waals surface area contributed by atoms with Gasteiger partial charge in [0.1, 0.15) is 0 Å². The van der Waals surface area contributed by atoms with Crippen molar-refractivity contribution >= 4 is 27.6 Å². The van der Waals surface area contributed by atoms with Crippen molar-refractivity contribution < 1.29 is 13.2 Å². The molecule has 2 aromatic rings. The molecule has 0 atom stereocenters. The van der Waals surface area contributed by atoms with Crippen molar-refractivity contribution in [3.05, 3.63) is 64.7 Å². The predicted octanol–water partition coefficient (Wildman–Crippen LogP) is 2.52. The predicted molar refractivity (Wildman–Crippen MR) is 117 cm³/mol. The van der Waals surface area contributed by atoms with Gasteiger partial charge in [-0.2, -0.15) is 0 Å². The molecule has 0 spiro atoms. The summed E-state index contributed by atoms with van der Waals surface area (Å²) in [5.41, 5.74) is 1.96. The summed E-state index contributed by atoms with van der Waals surface area (Å²) in [6.45, 7) is 4.29. The zero-order valence-corrected chi connectivity index (χ0v) is 18.2. The Balaban J connectivity index is 1.96. The first-order chi connectivity index (χ1) is 13.9. The highest BCUT2D eigenvalue weighted by Gasteiger charge is 2.12. The molecule has 0 saturated heterocycles. The third-order valence-electron chi connectivity index (χ3n) is 3.94. The highest BCUT2D eigenvalue weighted by molar-refractivity contribution is 7.89.